The molecule has 1 rings (SSSR count). The first kappa shape index (κ1) is 8.53. The van der Waals surface area contributed by atoms with Gasteiger partial charge in [-0.1, -0.05) is 0 Å². The van der Waals surface area contributed by atoms with Crippen molar-refractivity contribution in [1.29, 1.82) is 0 Å². The van der Waals surface area contributed by atoms with E-state index in [1.54, 1.807) is 0 Å². The van der Waals surface area contributed by atoms with E-state index in [0.717, 1.165) is 19.3 Å². The summed E-state index contributed by atoms with van der Waals surface area (Å²) in [5.41, 5.74) is 5.20. The molecule has 0 bridgehead atoms. The second kappa shape index (κ2) is 3.22. The van der Waals surface area contributed by atoms with Gasteiger partial charge < -0.3 is 10.5 Å². The summed E-state index contributed by atoms with van der Waals surface area (Å²) in [6.07, 6.45) is 2.71. The van der Waals surface area contributed by atoms with E-state index in [1.807, 2.05) is 6.92 Å². The van der Waals surface area contributed by atoms with Gasteiger partial charge in [0.2, 0.25) is 0 Å². The number of nitrogens with two attached hydrogens (primary N) is 1. The number of hydrogen-bond acceptors (Lipinski definition) is 3. The van der Waals surface area contributed by atoms with Gasteiger partial charge in [0.1, 0.15) is 0 Å². The first-order chi connectivity index (χ1) is 5.25. The fourth-order valence-electron chi connectivity index (χ4n) is 1.27. The average molecular weight is 157 g/mol. The van der Waals surface area contributed by atoms with Crippen LogP contribution in [0, 0.1) is 5.41 Å². The Hall–Kier alpha value is -0.570. The number of rotatable bonds is 4. The van der Waals surface area contributed by atoms with Gasteiger partial charge in [-0.3, -0.25) is 4.79 Å². The summed E-state index contributed by atoms with van der Waals surface area (Å²) in [7, 11) is 0. The van der Waals surface area contributed by atoms with Crippen molar-refractivity contribution < 1.29 is 9.53 Å². The quantitative estimate of drug-likeness (QED) is 0.610. The molecule has 0 heterocycles. The Morgan fingerprint density at radius 3 is 2.64 bits per heavy atom. The normalized spacial score (nSPS) is 19.5. The first-order valence-corrected chi connectivity index (χ1v) is 4.12. The van der Waals surface area contributed by atoms with E-state index in [4.69, 9.17) is 10.5 Å². The standard InChI is InChI=1S/C8H15NO2/c1-2-11-7(10)8(3-4-8)5-6-9/h2-6,9H2,1H3. The van der Waals surface area contributed by atoms with Gasteiger partial charge in [-0.25, -0.2) is 0 Å². The molecule has 1 aliphatic carbocycles. The molecule has 0 spiro atoms. The number of esters is 1. The molecule has 64 valence electrons. The predicted octanol–water partition coefficient (Wildman–Crippen LogP) is 0.678. The molecule has 2 N–H and O–H groups in total. The third-order valence-electron chi connectivity index (χ3n) is 2.18. The molecule has 0 saturated heterocycles. The molecule has 3 nitrogen and oxygen atoms in total. The van der Waals surface area contributed by atoms with Crippen molar-refractivity contribution in [3.8, 4) is 0 Å². The van der Waals surface area contributed by atoms with Crippen molar-refractivity contribution >= 4 is 5.97 Å². The van der Waals surface area contributed by atoms with E-state index >= 15 is 0 Å². The van der Waals surface area contributed by atoms with Crippen LogP contribution in [0.3, 0.4) is 0 Å². The SMILES string of the molecule is CCOC(=O)C1(CCN)CC1. The Balaban J connectivity index is 2.38. The Morgan fingerprint density at radius 1 is 1.64 bits per heavy atom. The lowest BCUT2D eigenvalue weighted by Gasteiger charge is -2.11. The van der Waals surface area contributed by atoms with Gasteiger partial charge in [-0.05, 0) is 32.7 Å². The third kappa shape index (κ3) is 1.71. The molecule has 0 aromatic carbocycles. The Labute approximate surface area is 66.9 Å². The molecule has 0 aliphatic heterocycles. The number of carbonyl (C=O) groups is 1. The van der Waals surface area contributed by atoms with E-state index in [2.05, 4.69) is 0 Å². The summed E-state index contributed by atoms with van der Waals surface area (Å²) in [6, 6.07) is 0. The van der Waals surface area contributed by atoms with Crippen LogP contribution in [0.15, 0.2) is 0 Å². The van der Waals surface area contributed by atoms with Gasteiger partial charge in [-0.15, -0.1) is 0 Å². The largest absolute Gasteiger partial charge is 0.466 e. The number of hydrogen-bond donors (Lipinski definition) is 1. The van der Waals surface area contributed by atoms with Crippen LogP contribution >= 0.6 is 0 Å². The smallest absolute Gasteiger partial charge is 0.312 e. The maximum atomic E-state index is 11.2. The monoisotopic (exact) mass is 157 g/mol. The van der Waals surface area contributed by atoms with Crippen LogP contribution in [-0.2, 0) is 9.53 Å². The van der Waals surface area contributed by atoms with Crippen molar-refractivity contribution in [3.05, 3.63) is 0 Å². The molecule has 1 aliphatic rings. The summed E-state index contributed by atoms with van der Waals surface area (Å²) < 4.78 is 4.93. The van der Waals surface area contributed by atoms with E-state index in [9.17, 15) is 4.79 Å². The minimum absolute atomic E-state index is 0.0505. The zero-order chi connectivity index (χ0) is 8.32. The molecule has 1 fully saturated rings. The summed E-state index contributed by atoms with van der Waals surface area (Å²) in [5.74, 6) is -0.0505. The highest BCUT2D eigenvalue weighted by Gasteiger charge is 2.50. The summed E-state index contributed by atoms with van der Waals surface area (Å²) in [6.45, 7) is 2.89. The molecule has 1 saturated carbocycles. The minimum atomic E-state index is -0.176. The van der Waals surface area contributed by atoms with Gasteiger partial charge in [0.05, 0.1) is 12.0 Å². The average Bonchev–Trinajstić information content (AvgIpc) is 2.71. The Kier molecular flexibility index (Phi) is 2.49. The van der Waals surface area contributed by atoms with Crippen LogP contribution in [0.2, 0.25) is 0 Å². The molecule has 0 unspecified atom stereocenters. The third-order valence-corrected chi connectivity index (χ3v) is 2.18. The lowest BCUT2D eigenvalue weighted by molar-refractivity contribution is -0.149. The summed E-state index contributed by atoms with van der Waals surface area (Å²) in [4.78, 5) is 11.2. The zero-order valence-corrected chi connectivity index (χ0v) is 6.93. The summed E-state index contributed by atoms with van der Waals surface area (Å²) in [5, 5.41) is 0. The highest BCUT2D eigenvalue weighted by atomic mass is 16.5. The molecule has 0 aromatic heterocycles. The van der Waals surface area contributed by atoms with Crippen LogP contribution in [-0.4, -0.2) is 19.1 Å². The Bertz CT molecular complexity index is 152. The van der Waals surface area contributed by atoms with Crippen molar-refractivity contribution in [3.63, 3.8) is 0 Å². The van der Waals surface area contributed by atoms with Gasteiger partial charge in [0, 0.05) is 0 Å². The summed E-state index contributed by atoms with van der Waals surface area (Å²) >= 11 is 0. The van der Waals surface area contributed by atoms with Crippen molar-refractivity contribution in [1.82, 2.24) is 0 Å². The lowest BCUT2D eigenvalue weighted by Crippen LogP contribution is -2.22. The zero-order valence-electron chi connectivity index (χ0n) is 6.93. The molecule has 0 radical (unpaired) electrons. The van der Waals surface area contributed by atoms with Crippen molar-refractivity contribution in [2.24, 2.45) is 11.1 Å². The molecular weight excluding hydrogens is 142 g/mol. The minimum Gasteiger partial charge on any atom is -0.466 e. The van der Waals surface area contributed by atoms with E-state index in [1.165, 1.54) is 0 Å². The van der Waals surface area contributed by atoms with Crippen LogP contribution in [0.4, 0.5) is 0 Å². The van der Waals surface area contributed by atoms with Crippen LogP contribution in [0.5, 0.6) is 0 Å². The van der Waals surface area contributed by atoms with Crippen LogP contribution < -0.4 is 5.73 Å². The van der Waals surface area contributed by atoms with Crippen molar-refractivity contribution in [2.75, 3.05) is 13.2 Å². The fourth-order valence-corrected chi connectivity index (χ4v) is 1.27. The molecule has 0 amide bonds. The Morgan fingerprint density at radius 2 is 2.27 bits per heavy atom. The van der Waals surface area contributed by atoms with E-state index < -0.39 is 0 Å². The molecule has 11 heavy (non-hydrogen) atoms. The van der Waals surface area contributed by atoms with Crippen LogP contribution in [0.1, 0.15) is 26.2 Å². The highest BCUT2D eigenvalue weighted by Crippen LogP contribution is 2.49. The second-order valence-electron chi connectivity index (χ2n) is 3.04. The maximum Gasteiger partial charge on any atom is 0.312 e. The number of carbonyl (C=O) groups excluding carboxylic acids is 1. The number of ether oxygens (including phenoxy) is 1. The molecular formula is C8H15NO2. The van der Waals surface area contributed by atoms with Gasteiger partial charge in [0.25, 0.3) is 0 Å². The predicted molar refractivity (Wildman–Crippen MR) is 42.0 cm³/mol. The molecule has 0 atom stereocenters. The van der Waals surface area contributed by atoms with Crippen molar-refractivity contribution in [2.45, 2.75) is 26.2 Å². The second-order valence-corrected chi connectivity index (χ2v) is 3.04. The van der Waals surface area contributed by atoms with E-state index in [0.29, 0.717) is 13.2 Å². The molecule has 0 aromatic rings. The fraction of sp³-hybridized carbons (Fsp3) is 0.875. The van der Waals surface area contributed by atoms with Crippen LogP contribution in [0.25, 0.3) is 0 Å². The van der Waals surface area contributed by atoms with Gasteiger partial charge in [-0.2, -0.15) is 0 Å². The first-order valence-electron chi connectivity index (χ1n) is 4.12. The molecule has 3 heteroatoms. The lowest BCUT2D eigenvalue weighted by atomic mass is 10.0. The van der Waals surface area contributed by atoms with Gasteiger partial charge in [0.15, 0.2) is 0 Å². The van der Waals surface area contributed by atoms with Gasteiger partial charge >= 0.3 is 5.97 Å². The maximum absolute atomic E-state index is 11.2. The van der Waals surface area contributed by atoms with E-state index in [-0.39, 0.29) is 11.4 Å². The highest BCUT2D eigenvalue weighted by molar-refractivity contribution is 5.79. The topological polar surface area (TPSA) is 52.3 Å².